The first kappa shape index (κ1) is 22.2. The maximum atomic E-state index is 13.5. The number of benzene rings is 3. The summed E-state index contributed by atoms with van der Waals surface area (Å²) in [5.41, 5.74) is 5.53. The molecule has 1 saturated carbocycles. The van der Waals surface area contributed by atoms with Crippen LogP contribution in [-0.2, 0) is 30.0 Å². The van der Waals surface area contributed by atoms with Gasteiger partial charge in [0.25, 0.3) is 5.91 Å². The van der Waals surface area contributed by atoms with Crippen LogP contribution in [0, 0.1) is 0 Å². The molecule has 7 heteroatoms. The highest BCUT2D eigenvalue weighted by Gasteiger charge is 2.46. The standard InChI is InChI=1S/C26H24Cl2N2O3/c27-22-9-6-18(14-23(22)28)15-30-13-10-19-2-1-3-21(24(19)30)25(31)29-26(11-12-26)20-7-4-17(5-8-20)16-33-32/h1-9,14,32H,10-13,15-16H2,(H,29,31). The highest BCUT2D eigenvalue weighted by Crippen LogP contribution is 2.46. The van der Waals surface area contributed by atoms with E-state index in [9.17, 15) is 4.79 Å². The lowest BCUT2D eigenvalue weighted by atomic mass is 10.0. The molecule has 3 aromatic rings. The summed E-state index contributed by atoms with van der Waals surface area (Å²) >= 11 is 12.3. The molecule has 0 unspecified atom stereocenters. The van der Waals surface area contributed by atoms with Crippen molar-refractivity contribution in [1.29, 1.82) is 0 Å². The maximum absolute atomic E-state index is 13.5. The Kier molecular flexibility index (Phi) is 6.06. The number of hydrogen-bond donors (Lipinski definition) is 2. The lowest BCUT2D eigenvalue weighted by Gasteiger charge is -2.24. The highest BCUT2D eigenvalue weighted by molar-refractivity contribution is 6.42. The molecule has 0 radical (unpaired) electrons. The van der Waals surface area contributed by atoms with E-state index in [1.807, 2.05) is 54.6 Å². The van der Waals surface area contributed by atoms with Gasteiger partial charge in [-0.1, -0.05) is 65.7 Å². The van der Waals surface area contributed by atoms with E-state index in [2.05, 4.69) is 21.2 Å². The summed E-state index contributed by atoms with van der Waals surface area (Å²) in [4.78, 5) is 19.9. The lowest BCUT2D eigenvalue weighted by Crippen LogP contribution is -2.35. The predicted molar refractivity (Wildman–Crippen MR) is 130 cm³/mol. The summed E-state index contributed by atoms with van der Waals surface area (Å²) in [6.45, 7) is 1.65. The molecule has 0 aromatic heterocycles. The van der Waals surface area contributed by atoms with Gasteiger partial charge in [0.05, 0.1) is 26.8 Å². The number of anilines is 1. The molecule has 1 fully saturated rings. The summed E-state index contributed by atoms with van der Waals surface area (Å²) in [5.74, 6) is -0.0619. The van der Waals surface area contributed by atoms with E-state index < -0.39 is 0 Å². The van der Waals surface area contributed by atoms with Crippen LogP contribution in [-0.4, -0.2) is 17.7 Å². The molecule has 0 atom stereocenters. The molecule has 1 aliphatic heterocycles. The first-order chi connectivity index (χ1) is 16.0. The molecule has 3 aromatic carbocycles. The van der Waals surface area contributed by atoms with Crippen molar-refractivity contribution in [2.45, 2.75) is 38.0 Å². The smallest absolute Gasteiger partial charge is 0.254 e. The molecule has 2 N–H and O–H groups in total. The second-order valence-corrected chi connectivity index (χ2v) is 9.55. The SMILES string of the molecule is O=C(NC1(c2ccc(COO)cc2)CC1)c1cccc2c1N(Cc1ccc(Cl)c(Cl)c1)CC2. The average molecular weight is 483 g/mol. The first-order valence-electron chi connectivity index (χ1n) is 11.0. The van der Waals surface area contributed by atoms with Gasteiger partial charge in [0.15, 0.2) is 0 Å². The van der Waals surface area contributed by atoms with Gasteiger partial charge < -0.3 is 10.2 Å². The molecule has 0 spiro atoms. The Morgan fingerprint density at radius 1 is 1.03 bits per heavy atom. The van der Waals surface area contributed by atoms with Crippen LogP contribution in [0.3, 0.4) is 0 Å². The van der Waals surface area contributed by atoms with Crippen molar-refractivity contribution in [3.05, 3.63) is 98.5 Å². The Bertz CT molecular complexity index is 1190. The summed E-state index contributed by atoms with van der Waals surface area (Å²) < 4.78 is 0. The third-order valence-corrected chi connectivity index (χ3v) is 7.27. The first-order valence-corrected chi connectivity index (χ1v) is 11.7. The largest absolute Gasteiger partial charge is 0.366 e. The van der Waals surface area contributed by atoms with E-state index in [-0.39, 0.29) is 18.1 Å². The summed E-state index contributed by atoms with van der Waals surface area (Å²) in [6, 6.07) is 19.4. The zero-order valence-corrected chi connectivity index (χ0v) is 19.5. The van der Waals surface area contributed by atoms with Crippen molar-refractivity contribution in [2.75, 3.05) is 11.4 Å². The van der Waals surface area contributed by atoms with Crippen molar-refractivity contribution < 1.29 is 14.9 Å². The van der Waals surface area contributed by atoms with Gasteiger partial charge in [0.2, 0.25) is 0 Å². The van der Waals surface area contributed by atoms with Crippen molar-refractivity contribution in [1.82, 2.24) is 5.32 Å². The summed E-state index contributed by atoms with van der Waals surface area (Å²) in [5, 5.41) is 13.0. The Balaban J connectivity index is 1.37. The van der Waals surface area contributed by atoms with Gasteiger partial charge in [-0.05, 0) is 59.7 Å². The van der Waals surface area contributed by atoms with Crippen LogP contribution in [0.1, 0.15) is 45.5 Å². The second-order valence-electron chi connectivity index (χ2n) is 8.74. The number of rotatable bonds is 7. The Morgan fingerprint density at radius 3 is 2.48 bits per heavy atom. The Labute approximate surface area is 202 Å². The van der Waals surface area contributed by atoms with Crippen LogP contribution in [0.5, 0.6) is 0 Å². The van der Waals surface area contributed by atoms with Crippen molar-refractivity contribution in [3.63, 3.8) is 0 Å². The zero-order valence-electron chi connectivity index (χ0n) is 18.0. The molecule has 33 heavy (non-hydrogen) atoms. The number of para-hydroxylation sites is 1. The molecule has 2 aliphatic rings. The van der Waals surface area contributed by atoms with Crippen LogP contribution in [0.15, 0.2) is 60.7 Å². The molecule has 5 rings (SSSR count). The van der Waals surface area contributed by atoms with E-state index >= 15 is 0 Å². The van der Waals surface area contributed by atoms with Crippen molar-refractivity contribution >= 4 is 34.8 Å². The number of fused-ring (bicyclic) bond motifs is 1. The number of nitrogens with one attached hydrogen (secondary N) is 1. The third-order valence-electron chi connectivity index (χ3n) is 6.53. The number of amides is 1. The molecule has 0 saturated heterocycles. The van der Waals surface area contributed by atoms with Crippen LogP contribution >= 0.6 is 23.2 Å². The minimum absolute atomic E-state index is 0.0619. The normalized spacial score (nSPS) is 15.9. The molecular weight excluding hydrogens is 459 g/mol. The average Bonchev–Trinajstić information content (AvgIpc) is 3.48. The van der Waals surface area contributed by atoms with Gasteiger partial charge in [-0.25, -0.2) is 4.89 Å². The topological polar surface area (TPSA) is 61.8 Å². The Hall–Kier alpha value is -2.57. The molecule has 0 bridgehead atoms. The van der Waals surface area contributed by atoms with Crippen LogP contribution in [0.4, 0.5) is 5.69 Å². The molecular formula is C26H24Cl2N2O3. The molecule has 5 nitrogen and oxygen atoms in total. The van der Waals surface area contributed by atoms with Gasteiger partial charge in [-0.2, -0.15) is 0 Å². The van der Waals surface area contributed by atoms with E-state index in [1.54, 1.807) is 0 Å². The van der Waals surface area contributed by atoms with Gasteiger partial charge in [-0.3, -0.25) is 10.1 Å². The van der Waals surface area contributed by atoms with E-state index in [4.69, 9.17) is 28.5 Å². The minimum atomic E-state index is -0.342. The predicted octanol–water partition coefficient (Wildman–Crippen LogP) is 5.96. The van der Waals surface area contributed by atoms with Crippen molar-refractivity contribution in [2.24, 2.45) is 0 Å². The maximum Gasteiger partial charge on any atom is 0.254 e. The Morgan fingerprint density at radius 2 is 1.79 bits per heavy atom. The lowest BCUT2D eigenvalue weighted by molar-refractivity contribution is -0.253. The number of carbonyl (C=O) groups is 1. The fourth-order valence-corrected chi connectivity index (χ4v) is 4.94. The van der Waals surface area contributed by atoms with Crippen LogP contribution < -0.4 is 10.2 Å². The van der Waals surface area contributed by atoms with Gasteiger partial charge in [-0.15, -0.1) is 0 Å². The molecule has 1 amide bonds. The monoisotopic (exact) mass is 482 g/mol. The van der Waals surface area contributed by atoms with Gasteiger partial charge in [0, 0.05) is 13.1 Å². The van der Waals surface area contributed by atoms with Crippen LogP contribution in [0.2, 0.25) is 10.0 Å². The fourth-order valence-electron chi connectivity index (χ4n) is 4.62. The zero-order chi connectivity index (χ0) is 23.0. The molecule has 1 aliphatic carbocycles. The summed E-state index contributed by atoms with van der Waals surface area (Å²) in [7, 11) is 0. The third kappa shape index (κ3) is 4.46. The minimum Gasteiger partial charge on any atom is -0.366 e. The van der Waals surface area contributed by atoms with E-state index in [1.165, 1.54) is 5.56 Å². The number of hydrogen-bond acceptors (Lipinski definition) is 4. The van der Waals surface area contributed by atoms with Gasteiger partial charge in [0.1, 0.15) is 6.61 Å². The fraction of sp³-hybridized carbons (Fsp3) is 0.269. The number of carbonyl (C=O) groups excluding carboxylic acids is 1. The number of nitrogens with zero attached hydrogens (tertiary/aromatic N) is 1. The van der Waals surface area contributed by atoms with Gasteiger partial charge >= 0.3 is 0 Å². The molecule has 170 valence electrons. The highest BCUT2D eigenvalue weighted by atomic mass is 35.5. The molecule has 1 heterocycles. The quantitative estimate of drug-likeness (QED) is 0.321. The number of halogens is 2. The van der Waals surface area contributed by atoms with E-state index in [0.717, 1.165) is 48.2 Å². The summed E-state index contributed by atoms with van der Waals surface area (Å²) in [6.07, 6.45) is 2.70. The van der Waals surface area contributed by atoms with Crippen LogP contribution in [0.25, 0.3) is 0 Å². The second kappa shape index (κ2) is 8.99. The van der Waals surface area contributed by atoms with Crippen molar-refractivity contribution in [3.8, 4) is 0 Å². The van der Waals surface area contributed by atoms with E-state index in [0.29, 0.717) is 22.2 Å².